The minimum Gasteiger partial charge on any atom is -0.619 e. The van der Waals surface area contributed by atoms with Crippen LogP contribution in [-0.4, -0.2) is 48.9 Å². The van der Waals surface area contributed by atoms with Crippen molar-refractivity contribution >= 4 is 5.91 Å². The van der Waals surface area contributed by atoms with Crippen LogP contribution >= 0.6 is 0 Å². The second-order valence-corrected chi connectivity index (χ2v) is 7.89. The molecule has 30 heavy (non-hydrogen) atoms. The number of hydrogen-bond acceptors (Lipinski definition) is 3. The van der Waals surface area contributed by atoms with Gasteiger partial charge in [0.15, 0.2) is 12.4 Å². The van der Waals surface area contributed by atoms with Gasteiger partial charge in [0.25, 0.3) is 5.91 Å². The van der Waals surface area contributed by atoms with Crippen molar-refractivity contribution in [2.75, 3.05) is 33.2 Å². The van der Waals surface area contributed by atoms with Crippen LogP contribution in [0.1, 0.15) is 34.3 Å². The highest BCUT2D eigenvalue weighted by molar-refractivity contribution is 5.93. The average molecular weight is 421 g/mol. The Hall–Kier alpha value is -2.61. The van der Waals surface area contributed by atoms with E-state index in [1.807, 2.05) is 0 Å². The van der Waals surface area contributed by atoms with E-state index in [-0.39, 0.29) is 5.91 Å². The zero-order valence-corrected chi connectivity index (χ0v) is 16.9. The molecule has 0 unspecified atom stereocenters. The zero-order chi connectivity index (χ0) is 21.7. The first-order valence-corrected chi connectivity index (χ1v) is 10.0. The molecule has 1 atom stereocenters. The van der Waals surface area contributed by atoms with Gasteiger partial charge in [0.05, 0.1) is 11.1 Å². The number of likely N-dealkylation sites (tertiary alicyclic amines) is 1. The van der Waals surface area contributed by atoms with E-state index in [2.05, 4.69) is 4.90 Å². The van der Waals surface area contributed by atoms with Gasteiger partial charge in [-0.1, -0.05) is 18.2 Å². The smallest absolute Gasteiger partial charge is 0.416 e. The number of carbonyl (C=O) groups is 1. The Balaban J connectivity index is 1.51. The summed E-state index contributed by atoms with van der Waals surface area (Å²) in [5.74, 6) is 0.180. The molecule has 1 fully saturated rings. The molecule has 0 N–H and O–H groups in total. The van der Waals surface area contributed by atoms with Crippen LogP contribution in [0.15, 0.2) is 48.8 Å². The molecule has 2 heterocycles. The molecule has 1 aromatic carbocycles. The first-order valence-electron chi connectivity index (χ1n) is 10.0. The third-order valence-electron chi connectivity index (χ3n) is 5.50. The van der Waals surface area contributed by atoms with E-state index >= 15 is 0 Å². The first kappa shape index (κ1) is 22.1. The van der Waals surface area contributed by atoms with E-state index in [9.17, 15) is 23.2 Å². The third-order valence-corrected chi connectivity index (χ3v) is 5.50. The van der Waals surface area contributed by atoms with Crippen molar-refractivity contribution in [3.8, 4) is 0 Å². The lowest BCUT2D eigenvalue weighted by Gasteiger charge is -2.34. The normalized spacial score (nSPS) is 17.7. The number of benzene rings is 1. The van der Waals surface area contributed by atoms with E-state index in [0.717, 1.165) is 32.0 Å². The summed E-state index contributed by atoms with van der Waals surface area (Å²) in [5, 5.41) is 11.1. The summed E-state index contributed by atoms with van der Waals surface area (Å²) in [5.41, 5.74) is 0.542. The first-order chi connectivity index (χ1) is 14.2. The van der Waals surface area contributed by atoms with Gasteiger partial charge >= 0.3 is 6.18 Å². The fourth-order valence-corrected chi connectivity index (χ4v) is 3.94. The molecule has 0 bridgehead atoms. The van der Waals surface area contributed by atoms with Crippen molar-refractivity contribution < 1.29 is 22.7 Å². The fraction of sp³-hybridized carbons (Fsp3) is 0.455. The van der Waals surface area contributed by atoms with Gasteiger partial charge in [-0.05, 0) is 43.4 Å². The molecule has 1 amide bonds. The predicted octanol–water partition coefficient (Wildman–Crippen LogP) is 3.37. The summed E-state index contributed by atoms with van der Waals surface area (Å²) in [6.07, 6.45) is 0.846. The molecule has 3 rings (SSSR count). The summed E-state index contributed by atoms with van der Waals surface area (Å²) in [6, 6.07) is 8.52. The average Bonchev–Trinajstić information content (AvgIpc) is 2.72. The predicted molar refractivity (Wildman–Crippen MR) is 107 cm³/mol. The maximum atomic E-state index is 12.9. The highest BCUT2D eigenvalue weighted by Crippen LogP contribution is 2.29. The Morgan fingerprint density at radius 2 is 2.00 bits per heavy atom. The largest absolute Gasteiger partial charge is 0.619 e. The number of aromatic nitrogens is 1. The number of amides is 1. The molecule has 0 radical (unpaired) electrons. The highest BCUT2D eigenvalue weighted by Gasteiger charge is 2.30. The van der Waals surface area contributed by atoms with Crippen molar-refractivity contribution in [2.24, 2.45) is 5.92 Å². The molecule has 5 nitrogen and oxygen atoms in total. The van der Waals surface area contributed by atoms with Crippen molar-refractivity contribution in [1.82, 2.24) is 9.80 Å². The molecule has 0 saturated carbocycles. The summed E-state index contributed by atoms with van der Waals surface area (Å²) < 4.78 is 39.3. The van der Waals surface area contributed by atoms with Gasteiger partial charge in [-0.3, -0.25) is 4.79 Å². The summed E-state index contributed by atoms with van der Waals surface area (Å²) in [7, 11) is 1.75. The third kappa shape index (κ3) is 5.95. The Morgan fingerprint density at radius 1 is 1.27 bits per heavy atom. The number of nitrogens with zero attached hydrogens (tertiary/aromatic N) is 3. The van der Waals surface area contributed by atoms with Gasteiger partial charge in [0, 0.05) is 38.8 Å². The van der Waals surface area contributed by atoms with Gasteiger partial charge < -0.3 is 15.0 Å². The molecule has 1 aromatic heterocycles. The lowest BCUT2D eigenvalue weighted by Crippen LogP contribution is -2.42. The maximum Gasteiger partial charge on any atom is 0.416 e. The van der Waals surface area contributed by atoms with Crippen molar-refractivity contribution in [3.05, 3.63) is 70.7 Å². The number of halogens is 3. The van der Waals surface area contributed by atoms with Gasteiger partial charge in [-0.25, -0.2) is 0 Å². The molecule has 162 valence electrons. The summed E-state index contributed by atoms with van der Waals surface area (Å²) >= 11 is 0. The topological polar surface area (TPSA) is 50.5 Å². The van der Waals surface area contributed by atoms with Crippen LogP contribution in [0.5, 0.6) is 0 Å². The van der Waals surface area contributed by atoms with Crippen LogP contribution in [0.2, 0.25) is 0 Å². The van der Waals surface area contributed by atoms with Gasteiger partial charge in [-0.2, -0.15) is 17.9 Å². The lowest BCUT2D eigenvalue weighted by atomic mass is 9.96. The molecule has 1 saturated heterocycles. The van der Waals surface area contributed by atoms with Crippen molar-refractivity contribution in [3.63, 3.8) is 0 Å². The molecule has 0 spiro atoms. The van der Waals surface area contributed by atoms with E-state index < -0.39 is 11.7 Å². The number of rotatable bonds is 6. The molecular weight excluding hydrogens is 395 g/mol. The van der Waals surface area contributed by atoms with Crippen molar-refractivity contribution in [2.45, 2.75) is 25.4 Å². The monoisotopic (exact) mass is 421 g/mol. The van der Waals surface area contributed by atoms with Crippen LogP contribution in [0.25, 0.3) is 0 Å². The standard InChI is InChI=1S/C22H26F3N3O2/c1-26(21(29)19-8-12-28(30)13-9-19)15-18-5-3-10-27(16-18)11-7-17-4-2-6-20(14-17)22(23,24)25/h2,4,6,8-9,12-14,18H,3,5,7,10-11,15-16H2,1H3/t18-/m1/s1. The molecular formula is C22H26F3N3O2. The number of pyridine rings is 1. The number of piperidine rings is 1. The van der Waals surface area contributed by atoms with Gasteiger partial charge in [0.2, 0.25) is 0 Å². The molecule has 8 heteroatoms. The Bertz CT molecular complexity index is 855. The minimum absolute atomic E-state index is 0.128. The second kappa shape index (κ2) is 9.47. The number of alkyl halides is 3. The summed E-state index contributed by atoms with van der Waals surface area (Å²) in [4.78, 5) is 16.5. The Morgan fingerprint density at radius 3 is 2.70 bits per heavy atom. The van der Waals surface area contributed by atoms with Crippen LogP contribution in [0.4, 0.5) is 13.2 Å². The summed E-state index contributed by atoms with van der Waals surface area (Å²) in [6.45, 7) is 3.02. The van der Waals surface area contributed by atoms with Crippen LogP contribution < -0.4 is 4.73 Å². The Labute approximate surface area is 174 Å². The SMILES string of the molecule is CN(C[C@H]1CCCN(CCc2cccc(C(F)(F)F)c2)C1)C(=O)c1cc[n+]([O-])cc1. The molecule has 1 aliphatic heterocycles. The van der Waals surface area contributed by atoms with Crippen LogP contribution in [0, 0.1) is 11.1 Å². The van der Waals surface area contributed by atoms with E-state index in [4.69, 9.17) is 0 Å². The van der Waals surface area contributed by atoms with Gasteiger partial charge in [0.1, 0.15) is 0 Å². The molecule has 1 aliphatic rings. The highest BCUT2D eigenvalue weighted by atomic mass is 19.4. The van der Waals surface area contributed by atoms with E-state index in [1.54, 1.807) is 18.0 Å². The lowest BCUT2D eigenvalue weighted by molar-refractivity contribution is -0.605. The quantitative estimate of drug-likeness (QED) is 0.531. The zero-order valence-electron chi connectivity index (χ0n) is 16.9. The Kier molecular flexibility index (Phi) is 6.97. The van der Waals surface area contributed by atoms with Crippen LogP contribution in [-0.2, 0) is 12.6 Å². The van der Waals surface area contributed by atoms with Gasteiger partial charge in [-0.15, -0.1) is 0 Å². The van der Waals surface area contributed by atoms with E-state index in [0.29, 0.717) is 41.3 Å². The number of hydrogen-bond donors (Lipinski definition) is 0. The molecule has 2 aromatic rings. The van der Waals surface area contributed by atoms with E-state index in [1.165, 1.54) is 36.7 Å². The minimum atomic E-state index is -4.32. The molecule has 0 aliphatic carbocycles. The van der Waals surface area contributed by atoms with Crippen molar-refractivity contribution in [1.29, 1.82) is 0 Å². The second-order valence-electron chi connectivity index (χ2n) is 7.89. The maximum absolute atomic E-state index is 12.9. The fourth-order valence-electron chi connectivity index (χ4n) is 3.94. The van der Waals surface area contributed by atoms with Crippen LogP contribution in [0.3, 0.4) is 0 Å². The number of carbonyl (C=O) groups excluding carboxylic acids is 1.